The molecule has 0 aromatic heterocycles. The third kappa shape index (κ3) is 5.26. The van der Waals surface area contributed by atoms with Crippen molar-refractivity contribution >= 4 is 35.2 Å². The van der Waals surface area contributed by atoms with Crippen LogP contribution in [0.15, 0.2) is 24.3 Å². The normalized spacial score (nSPS) is 30.7. The summed E-state index contributed by atoms with van der Waals surface area (Å²) < 4.78 is 10.2. The second-order valence-electron chi connectivity index (χ2n) is 10.7. The number of hydrogen-bond acceptors (Lipinski definition) is 8. The minimum atomic E-state index is -0.713. The number of anilines is 1. The highest BCUT2D eigenvalue weighted by atomic mass is 32.2. The predicted octanol–water partition coefficient (Wildman–Crippen LogP) is 1.33. The first-order valence-corrected chi connectivity index (χ1v) is 15.0. The van der Waals surface area contributed by atoms with Crippen LogP contribution in [0.3, 0.4) is 0 Å². The molecule has 10 nitrogen and oxygen atoms in total. The summed E-state index contributed by atoms with van der Waals surface area (Å²) >= 11 is 1.64. The zero-order valence-corrected chi connectivity index (χ0v) is 23.6. The van der Waals surface area contributed by atoms with Crippen molar-refractivity contribution in [3.8, 4) is 5.75 Å². The summed E-state index contributed by atoms with van der Waals surface area (Å²) in [4.78, 5) is 45.4. The molecule has 5 rings (SSSR count). The fraction of sp³-hybridized carbons (Fsp3) is 0.679. The van der Waals surface area contributed by atoms with Crippen LogP contribution in [0.2, 0.25) is 0 Å². The van der Waals surface area contributed by atoms with E-state index in [2.05, 4.69) is 15.5 Å². The Hall–Kier alpha value is -2.34. The van der Waals surface area contributed by atoms with E-state index in [1.165, 1.54) is 0 Å². The molecule has 4 heterocycles. The standard InChI is InChI=1S/C28H40N4O6S/c1-3-19(17-33)32-24(26(35)29-11-12-31-13-15-37-16-14-31)28-10-9-21(39-28)22(23(28)27(32)36)25(34)30-18-5-7-20(8-6-18)38-4-2/h5-8,19,21-24,33H,3-4,9-17H2,1-2H3,(H,29,35)(H,30,34)/t19-,21-,22+,23-,24?,28?/m0/s1. The Bertz CT molecular complexity index is 1050. The predicted molar refractivity (Wildman–Crippen MR) is 149 cm³/mol. The maximum absolute atomic E-state index is 14.1. The van der Waals surface area contributed by atoms with E-state index < -0.39 is 28.7 Å². The average Bonchev–Trinajstić information content (AvgIpc) is 3.59. The summed E-state index contributed by atoms with van der Waals surface area (Å²) in [5, 5.41) is 16.2. The van der Waals surface area contributed by atoms with Crippen molar-refractivity contribution < 1.29 is 29.0 Å². The molecule has 3 amide bonds. The van der Waals surface area contributed by atoms with Crippen LogP contribution in [0.4, 0.5) is 5.69 Å². The molecular weight excluding hydrogens is 520 g/mol. The van der Waals surface area contributed by atoms with Gasteiger partial charge in [0.15, 0.2) is 0 Å². The number of thioether (sulfide) groups is 1. The summed E-state index contributed by atoms with van der Waals surface area (Å²) in [5.74, 6) is -0.977. The zero-order valence-electron chi connectivity index (χ0n) is 22.8. The number of nitrogens with zero attached hydrogens (tertiary/aromatic N) is 2. The van der Waals surface area contributed by atoms with Crippen molar-refractivity contribution in [1.82, 2.24) is 15.1 Å². The number of rotatable bonds is 11. The quantitative estimate of drug-likeness (QED) is 0.371. The number of aliphatic hydroxyl groups excluding tert-OH is 1. The third-order valence-corrected chi connectivity index (χ3v) is 10.6. The number of amides is 3. The second-order valence-corrected chi connectivity index (χ2v) is 12.3. The Morgan fingerprint density at radius 2 is 1.95 bits per heavy atom. The van der Waals surface area contributed by atoms with Crippen LogP contribution in [0.5, 0.6) is 5.75 Å². The van der Waals surface area contributed by atoms with E-state index in [9.17, 15) is 19.5 Å². The fourth-order valence-corrected chi connectivity index (χ4v) is 8.99. The van der Waals surface area contributed by atoms with Crippen LogP contribution < -0.4 is 15.4 Å². The van der Waals surface area contributed by atoms with E-state index in [0.29, 0.717) is 51.4 Å². The van der Waals surface area contributed by atoms with Gasteiger partial charge in [0, 0.05) is 37.1 Å². The molecule has 1 aromatic rings. The van der Waals surface area contributed by atoms with Gasteiger partial charge in [-0.1, -0.05) is 6.92 Å². The van der Waals surface area contributed by atoms with E-state index in [0.717, 1.165) is 25.3 Å². The highest BCUT2D eigenvalue weighted by Gasteiger charge is 2.74. The molecule has 39 heavy (non-hydrogen) atoms. The lowest BCUT2D eigenvalue weighted by Crippen LogP contribution is -2.57. The Labute approximate surface area is 234 Å². The van der Waals surface area contributed by atoms with Gasteiger partial charge in [-0.3, -0.25) is 19.3 Å². The van der Waals surface area contributed by atoms with E-state index in [1.54, 1.807) is 28.8 Å². The summed E-state index contributed by atoms with van der Waals surface area (Å²) in [6.45, 7) is 8.40. The first-order valence-electron chi connectivity index (χ1n) is 14.2. The molecule has 4 aliphatic rings. The molecule has 0 saturated carbocycles. The number of benzene rings is 1. The van der Waals surface area contributed by atoms with Crippen LogP contribution in [0.1, 0.15) is 33.1 Å². The van der Waals surface area contributed by atoms with E-state index >= 15 is 0 Å². The smallest absolute Gasteiger partial charge is 0.244 e. The molecule has 1 spiro atoms. The van der Waals surface area contributed by atoms with E-state index in [4.69, 9.17) is 9.47 Å². The summed E-state index contributed by atoms with van der Waals surface area (Å²) in [6.07, 6.45) is 2.00. The number of fused-ring (bicyclic) bond motifs is 1. The minimum absolute atomic E-state index is 0.0262. The lowest BCUT2D eigenvalue weighted by Gasteiger charge is -2.37. The molecule has 0 radical (unpaired) electrons. The molecule has 4 aliphatic heterocycles. The molecule has 11 heteroatoms. The Balaban J connectivity index is 1.35. The van der Waals surface area contributed by atoms with Gasteiger partial charge in [-0.25, -0.2) is 0 Å². The fourth-order valence-electron chi connectivity index (χ4n) is 6.78. The third-order valence-electron chi connectivity index (χ3n) is 8.63. The molecule has 6 atom stereocenters. The highest BCUT2D eigenvalue weighted by Crippen LogP contribution is 2.66. The topological polar surface area (TPSA) is 120 Å². The average molecular weight is 561 g/mol. The van der Waals surface area contributed by atoms with Crippen LogP contribution in [-0.4, -0.2) is 107 Å². The van der Waals surface area contributed by atoms with E-state index in [-0.39, 0.29) is 29.6 Å². The molecule has 2 unspecified atom stereocenters. The number of ether oxygens (including phenoxy) is 2. The van der Waals surface area contributed by atoms with Gasteiger partial charge < -0.3 is 30.1 Å². The molecular formula is C28H40N4O6S. The van der Waals surface area contributed by atoms with Crippen LogP contribution >= 0.6 is 11.8 Å². The van der Waals surface area contributed by atoms with Gasteiger partial charge in [0.05, 0.1) is 49.1 Å². The van der Waals surface area contributed by atoms with Gasteiger partial charge in [-0.2, -0.15) is 0 Å². The molecule has 3 N–H and O–H groups in total. The summed E-state index contributed by atoms with van der Waals surface area (Å²) in [7, 11) is 0. The van der Waals surface area contributed by atoms with Gasteiger partial charge in [0.1, 0.15) is 11.8 Å². The largest absolute Gasteiger partial charge is 0.494 e. The number of carbonyl (C=O) groups excluding carboxylic acids is 3. The molecule has 214 valence electrons. The zero-order chi connectivity index (χ0) is 27.6. The van der Waals surface area contributed by atoms with Crippen LogP contribution in [0.25, 0.3) is 0 Å². The number of morpholine rings is 1. The van der Waals surface area contributed by atoms with Crippen molar-refractivity contribution in [1.29, 1.82) is 0 Å². The monoisotopic (exact) mass is 560 g/mol. The van der Waals surface area contributed by atoms with Gasteiger partial charge in [0.2, 0.25) is 17.7 Å². The van der Waals surface area contributed by atoms with Gasteiger partial charge in [-0.15, -0.1) is 11.8 Å². The summed E-state index contributed by atoms with van der Waals surface area (Å²) in [6, 6.07) is 6.03. The second kappa shape index (κ2) is 12.0. The number of likely N-dealkylation sites (tertiary alicyclic amines) is 1. The Kier molecular flexibility index (Phi) is 8.70. The van der Waals surface area contributed by atoms with Crippen molar-refractivity contribution in [3.63, 3.8) is 0 Å². The van der Waals surface area contributed by atoms with Gasteiger partial charge in [-0.05, 0) is 50.5 Å². The molecule has 4 saturated heterocycles. The van der Waals surface area contributed by atoms with Crippen molar-refractivity contribution in [2.45, 2.75) is 55.2 Å². The number of aliphatic hydroxyl groups is 1. The maximum Gasteiger partial charge on any atom is 0.244 e. The van der Waals surface area contributed by atoms with Crippen molar-refractivity contribution in [2.24, 2.45) is 11.8 Å². The molecule has 2 bridgehead atoms. The molecule has 4 fully saturated rings. The maximum atomic E-state index is 14.1. The molecule has 0 aliphatic carbocycles. The first-order chi connectivity index (χ1) is 18.9. The highest BCUT2D eigenvalue weighted by molar-refractivity contribution is 8.02. The Morgan fingerprint density at radius 3 is 2.62 bits per heavy atom. The molecule has 1 aromatic carbocycles. The minimum Gasteiger partial charge on any atom is -0.494 e. The number of carbonyl (C=O) groups is 3. The van der Waals surface area contributed by atoms with Crippen molar-refractivity contribution in [3.05, 3.63) is 24.3 Å². The van der Waals surface area contributed by atoms with Crippen molar-refractivity contribution in [2.75, 3.05) is 57.9 Å². The lowest BCUT2D eigenvalue weighted by molar-refractivity contribution is -0.142. The van der Waals surface area contributed by atoms with Crippen LogP contribution in [-0.2, 0) is 19.1 Å². The van der Waals surface area contributed by atoms with Gasteiger partial charge in [0.25, 0.3) is 0 Å². The summed E-state index contributed by atoms with van der Waals surface area (Å²) in [5.41, 5.74) is 0.645. The number of hydrogen-bond donors (Lipinski definition) is 3. The SMILES string of the molecule is CCOc1ccc(NC(=O)[C@@H]2[C@@H]3CCC4(S3)C(C(=O)NCCN3CCOCC3)N([C@@H](CC)CO)C(=O)[C@H]24)cc1. The van der Waals surface area contributed by atoms with Crippen LogP contribution in [0, 0.1) is 11.8 Å². The lowest BCUT2D eigenvalue weighted by atomic mass is 9.70. The Morgan fingerprint density at radius 1 is 1.21 bits per heavy atom. The van der Waals surface area contributed by atoms with E-state index in [1.807, 2.05) is 26.0 Å². The first kappa shape index (κ1) is 28.2. The van der Waals surface area contributed by atoms with Gasteiger partial charge >= 0.3 is 0 Å². The number of nitrogens with one attached hydrogen (secondary N) is 2.